The van der Waals surface area contributed by atoms with Gasteiger partial charge in [-0.2, -0.15) is 0 Å². The van der Waals surface area contributed by atoms with Crippen molar-refractivity contribution in [1.29, 1.82) is 0 Å². The monoisotopic (exact) mass is 187 g/mol. The van der Waals surface area contributed by atoms with E-state index in [0.29, 0.717) is 19.5 Å². The summed E-state index contributed by atoms with van der Waals surface area (Å²) in [5, 5.41) is 18.0. The van der Waals surface area contributed by atoms with Crippen molar-refractivity contribution in [2.45, 2.75) is 25.9 Å². The molecular formula is C9H17NO3. The molecule has 13 heavy (non-hydrogen) atoms. The van der Waals surface area contributed by atoms with Crippen LogP contribution in [0.1, 0.15) is 20.3 Å². The lowest BCUT2D eigenvalue weighted by atomic mass is 9.98. The molecule has 1 fully saturated rings. The predicted molar refractivity (Wildman–Crippen MR) is 48.5 cm³/mol. The summed E-state index contributed by atoms with van der Waals surface area (Å²) in [6.07, 6.45) is 0.694. The summed E-state index contributed by atoms with van der Waals surface area (Å²) in [5.74, 6) is -0.902. The van der Waals surface area contributed by atoms with Gasteiger partial charge in [0.25, 0.3) is 0 Å². The van der Waals surface area contributed by atoms with E-state index in [9.17, 15) is 9.90 Å². The van der Waals surface area contributed by atoms with Crippen LogP contribution in [0.5, 0.6) is 0 Å². The van der Waals surface area contributed by atoms with E-state index in [-0.39, 0.29) is 5.92 Å². The Kier molecular flexibility index (Phi) is 2.93. The molecule has 1 heterocycles. The van der Waals surface area contributed by atoms with Crippen LogP contribution in [0.2, 0.25) is 0 Å². The van der Waals surface area contributed by atoms with E-state index in [2.05, 4.69) is 4.90 Å². The molecule has 1 aliphatic rings. The quantitative estimate of drug-likeness (QED) is 0.658. The van der Waals surface area contributed by atoms with Gasteiger partial charge < -0.3 is 15.1 Å². The minimum Gasteiger partial charge on any atom is -0.481 e. The number of likely N-dealkylation sites (tertiary alicyclic amines) is 1. The lowest BCUT2D eigenvalue weighted by molar-refractivity contribution is -0.147. The van der Waals surface area contributed by atoms with Crippen LogP contribution in [-0.4, -0.2) is 46.3 Å². The molecule has 0 aromatic carbocycles. The van der Waals surface area contributed by atoms with Gasteiger partial charge in [-0.1, -0.05) is 0 Å². The average molecular weight is 187 g/mol. The van der Waals surface area contributed by atoms with Crippen LogP contribution in [0.25, 0.3) is 0 Å². The van der Waals surface area contributed by atoms with Gasteiger partial charge in [-0.25, -0.2) is 0 Å². The maximum atomic E-state index is 10.5. The summed E-state index contributed by atoms with van der Waals surface area (Å²) in [5.41, 5.74) is -0.645. The van der Waals surface area contributed by atoms with Gasteiger partial charge in [-0.05, 0) is 20.3 Å². The highest BCUT2D eigenvalue weighted by Gasteiger charge is 2.32. The largest absolute Gasteiger partial charge is 0.481 e. The highest BCUT2D eigenvalue weighted by atomic mass is 16.4. The average Bonchev–Trinajstić information content (AvgIpc) is 1.79. The molecular weight excluding hydrogens is 170 g/mol. The maximum absolute atomic E-state index is 10.5. The summed E-state index contributed by atoms with van der Waals surface area (Å²) in [6, 6.07) is 0. The van der Waals surface area contributed by atoms with Crippen LogP contribution in [-0.2, 0) is 4.79 Å². The zero-order chi connectivity index (χ0) is 10.1. The van der Waals surface area contributed by atoms with E-state index in [1.54, 1.807) is 13.8 Å². The van der Waals surface area contributed by atoms with E-state index in [0.717, 1.165) is 6.54 Å². The predicted octanol–water partition coefficient (Wildman–Crippen LogP) is 0.164. The molecule has 0 aliphatic carbocycles. The van der Waals surface area contributed by atoms with Gasteiger partial charge in [0.2, 0.25) is 0 Å². The van der Waals surface area contributed by atoms with E-state index in [1.807, 2.05) is 0 Å². The minimum absolute atomic E-state index is 0.193. The van der Waals surface area contributed by atoms with Crippen molar-refractivity contribution < 1.29 is 15.0 Å². The Labute approximate surface area is 78.2 Å². The number of rotatable bonds is 4. The molecule has 1 saturated heterocycles. The smallest absolute Gasteiger partial charge is 0.309 e. The molecule has 2 N–H and O–H groups in total. The Bertz CT molecular complexity index is 192. The zero-order valence-corrected chi connectivity index (χ0v) is 8.16. The van der Waals surface area contributed by atoms with Crippen molar-refractivity contribution in [2.24, 2.45) is 5.92 Å². The highest BCUT2D eigenvalue weighted by Crippen LogP contribution is 2.18. The fourth-order valence-corrected chi connectivity index (χ4v) is 1.34. The van der Waals surface area contributed by atoms with Crippen molar-refractivity contribution in [3.8, 4) is 0 Å². The summed E-state index contributed by atoms with van der Waals surface area (Å²) in [4.78, 5) is 12.5. The first kappa shape index (κ1) is 10.5. The van der Waals surface area contributed by atoms with Gasteiger partial charge in [0, 0.05) is 19.6 Å². The fourth-order valence-electron chi connectivity index (χ4n) is 1.34. The number of hydrogen-bond acceptors (Lipinski definition) is 3. The first-order valence-corrected chi connectivity index (χ1v) is 4.56. The molecule has 4 heteroatoms. The molecule has 0 saturated carbocycles. The maximum Gasteiger partial charge on any atom is 0.309 e. The number of carboxylic acids is 1. The number of carboxylic acid groups (broad SMARTS) is 1. The third kappa shape index (κ3) is 3.32. The zero-order valence-electron chi connectivity index (χ0n) is 8.16. The lowest BCUT2D eigenvalue weighted by Crippen LogP contribution is -2.51. The minimum atomic E-state index is -0.709. The van der Waals surface area contributed by atoms with E-state index in [4.69, 9.17) is 5.11 Å². The lowest BCUT2D eigenvalue weighted by Gasteiger charge is -2.37. The summed E-state index contributed by atoms with van der Waals surface area (Å²) >= 11 is 0. The van der Waals surface area contributed by atoms with Gasteiger partial charge in [0.15, 0.2) is 0 Å². The van der Waals surface area contributed by atoms with Crippen LogP contribution in [0.15, 0.2) is 0 Å². The summed E-state index contributed by atoms with van der Waals surface area (Å²) < 4.78 is 0. The number of carbonyl (C=O) groups is 1. The third-order valence-electron chi connectivity index (χ3n) is 2.35. The van der Waals surface area contributed by atoms with Gasteiger partial charge >= 0.3 is 5.97 Å². The van der Waals surface area contributed by atoms with Crippen molar-refractivity contribution in [1.82, 2.24) is 4.90 Å². The Morgan fingerprint density at radius 2 is 2.08 bits per heavy atom. The Hall–Kier alpha value is -0.610. The highest BCUT2D eigenvalue weighted by molar-refractivity contribution is 5.71. The summed E-state index contributed by atoms with van der Waals surface area (Å²) in [6.45, 7) is 5.58. The number of hydrogen-bond donors (Lipinski definition) is 2. The second kappa shape index (κ2) is 3.64. The molecule has 0 atom stereocenters. The molecule has 4 nitrogen and oxygen atoms in total. The van der Waals surface area contributed by atoms with Crippen molar-refractivity contribution in [2.75, 3.05) is 19.6 Å². The van der Waals surface area contributed by atoms with Crippen LogP contribution < -0.4 is 0 Å². The normalized spacial score (nSPS) is 19.9. The fraction of sp³-hybridized carbons (Fsp3) is 0.889. The third-order valence-corrected chi connectivity index (χ3v) is 2.35. The molecule has 0 unspecified atom stereocenters. The van der Waals surface area contributed by atoms with Crippen LogP contribution in [0, 0.1) is 5.92 Å². The van der Waals surface area contributed by atoms with Crippen LogP contribution in [0.3, 0.4) is 0 Å². The van der Waals surface area contributed by atoms with Crippen molar-refractivity contribution >= 4 is 5.97 Å². The molecule has 0 spiro atoms. The van der Waals surface area contributed by atoms with Gasteiger partial charge in [-0.15, -0.1) is 0 Å². The Morgan fingerprint density at radius 3 is 2.46 bits per heavy atom. The number of nitrogens with zero attached hydrogens (tertiary/aromatic N) is 1. The topological polar surface area (TPSA) is 60.8 Å². The second-order valence-corrected chi connectivity index (χ2v) is 4.36. The molecule has 76 valence electrons. The van der Waals surface area contributed by atoms with Crippen molar-refractivity contribution in [3.05, 3.63) is 0 Å². The molecule has 1 rings (SSSR count). The Balaban J connectivity index is 2.12. The molecule has 1 aliphatic heterocycles. The SMILES string of the molecule is CC(C)(O)CCN1CC(C(=O)O)C1. The van der Waals surface area contributed by atoms with Gasteiger partial charge in [0.05, 0.1) is 11.5 Å². The molecule has 0 radical (unpaired) electrons. The first-order valence-electron chi connectivity index (χ1n) is 4.56. The second-order valence-electron chi connectivity index (χ2n) is 4.36. The van der Waals surface area contributed by atoms with Crippen LogP contribution in [0.4, 0.5) is 0 Å². The molecule has 0 amide bonds. The van der Waals surface area contributed by atoms with Gasteiger partial charge in [0.1, 0.15) is 0 Å². The number of aliphatic carboxylic acids is 1. The molecule has 0 bridgehead atoms. The van der Waals surface area contributed by atoms with E-state index >= 15 is 0 Å². The van der Waals surface area contributed by atoms with Crippen LogP contribution >= 0.6 is 0 Å². The van der Waals surface area contributed by atoms with Crippen molar-refractivity contribution in [3.63, 3.8) is 0 Å². The van der Waals surface area contributed by atoms with Gasteiger partial charge in [-0.3, -0.25) is 4.79 Å². The number of aliphatic hydroxyl groups is 1. The Morgan fingerprint density at radius 1 is 1.54 bits per heavy atom. The molecule has 0 aromatic rings. The molecule has 0 aromatic heterocycles. The summed E-state index contributed by atoms with van der Waals surface area (Å²) in [7, 11) is 0. The first-order chi connectivity index (χ1) is 5.88. The standard InChI is InChI=1S/C9H17NO3/c1-9(2,13)3-4-10-5-7(6-10)8(11)12/h7,13H,3-6H2,1-2H3,(H,11,12). The van der Waals surface area contributed by atoms with E-state index < -0.39 is 11.6 Å². The van der Waals surface area contributed by atoms with E-state index in [1.165, 1.54) is 0 Å².